The van der Waals surface area contributed by atoms with Crippen LogP contribution in [0, 0.1) is 5.41 Å². The van der Waals surface area contributed by atoms with Crippen molar-refractivity contribution in [2.75, 3.05) is 27.2 Å². The van der Waals surface area contributed by atoms with Gasteiger partial charge in [-0.25, -0.2) is 4.52 Å². The van der Waals surface area contributed by atoms with Crippen LogP contribution >= 0.6 is 0 Å². The Morgan fingerprint density at radius 3 is 2.52 bits per heavy atom. The first-order valence-corrected chi connectivity index (χ1v) is 15.8. The van der Waals surface area contributed by atoms with Crippen molar-refractivity contribution >= 4 is 17.3 Å². The Morgan fingerprint density at radius 2 is 1.86 bits per heavy atom. The van der Waals surface area contributed by atoms with Crippen molar-refractivity contribution in [3.8, 4) is 11.5 Å². The predicted octanol–water partition coefficient (Wildman–Crippen LogP) is 4.07. The summed E-state index contributed by atoms with van der Waals surface area (Å²) in [6.45, 7) is 4.60. The maximum absolute atomic E-state index is 13.3. The molecule has 0 aliphatic heterocycles. The van der Waals surface area contributed by atoms with Crippen LogP contribution in [0.15, 0.2) is 36.5 Å². The number of nitrogens with zero attached hydrogens (tertiary/aromatic N) is 3. The zero-order valence-corrected chi connectivity index (χ0v) is 26.3. The highest BCUT2D eigenvalue weighted by Crippen LogP contribution is 2.57. The Labute approximate surface area is 258 Å². The fourth-order valence-corrected chi connectivity index (χ4v) is 6.81. The SMILES string of the molecule is CN(C)CCCc1ccc(C(N)=O)c(OC2CC3(CC(NC(=O)c4cnn5c(C6CC6)c(OCC(C)(C)O)ccc45)C3)C2)c1. The van der Waals surface area contributed by atoms with Crippen molar-refractivity contribution in [3.05, 3.63) is 58.9 Å². The number of aryl methyl sites for hydroxylation is 1. The molecule has 1 aromatic carbocycles. The molecule has 3 aliphatic rings. The maximum atomic E-state index is 13.3. The molecule has 3 fully saturated rings. The summed E-state index contributed by atoms with van der Waals surface area (Å²) < 4.78 is 14.1. The fraction of sp³-hybridized carbons (Fsp3) is 0.559. The van der Waals surface area contributed by atoms with Gasteiger partial charge in [-0.2, -0.15) is 5.10 Å². The Bertz CT molecular complexity index is 1540. The third-order valence-electron chi connectivity index (χ3n) is 9.16. The number of carbonyl (C=O) groups is 2. The molecule has 3 saturated carbocycles. The number of carbonyl (C=O) groups excluding carboxylic acids is 2. The number of nitrogens with one attached hydrogen (secondary N) is 1. The van der Waals surface area contributed by atoms with E-state index in [0.717, 1.165) is 74.7 Å². The van der Waals surface area contributed by atoms with Crippen molar-refractivity contribution in [1.82, 2.24) is 19.8 Å². The van der Waals surface area contributed by atoms with E-state index in [1.807, 2.05) is 28.8 Å². The quantitative estimate of drug-likeness (QED) is 0.268. The van der Waals surface area contributed by atoms with Gasteiger partial charge < -0.3 is 30.5 Å². The highest BCUT2D eigenvalue weighted by Gasteiger charge is 2.54. The second kappa shape index (κ2) is 11.7. The molecule has 0 radical (unpaired) electrons. The van der Waals surface area contributed by atoms with Gasteiger partial charge in [0.25, 0.3) is 11.8 Å². The molecule has 44 heavy (non-hydrogen) atoms. The van der Waals surface area contributed by atoms with E-state index in [1.54, 1.807) is 26.1 Å². The second-order valence-electron chi connectivity index (χ2n) is 14.1. The van der Waals surface area contributed by atoms with Crippen LogP contribution < -0.4 is 20.5 Å². The number of nitrogens with two attached hydrogens (primary N) is 1. The monoisotopic (exact) mass is 603 g/mol. The topological polar surface area (TPSA) is 131 Å². The molecule has 10 heteroatoms. The lowest BCUT2D eigenvalue weighted by Gasteiger charge is -2.57. The van der Waals surface area contributed by atoms with E-state index in [4.69, 9.17) is 15.2 Å². The van der Waals surface area contributed by atoms with Crippen LogP contribution in [-0.4, -0.2) is 76.4 Å². The summed E-state index contributed by atoms with van der Waals surface area (Å²) in [5.74, 6) is 1.04. The van der Waals surface area contributed by atoms with E-state index in [9.17, 15) is 14.7 Å². The van der Waals surface area contributed by atoms with Crippen molar-refractivity contribution < 1.29 is 24.2 Å². The standard InChI is InChI=1S/C34H45N5O5/c1-33(2,42)20-43-28-12-11-27-26(19-36-39(27)30(28)22-8-9-22)32(41)37-23-15-34(16-23)17-24(18-34)44-29-14-21(6-5-13-38(3)4)7-10-25(29)31(35)40/h7,10-12,14,19,22-24,42H,5-6,8-9,13,15-18,20H2,1-4H3,(H2,35,40)(H,37,41). The predicted molar refractivity (Wildman–Crippen MR) is 167 cm³/mol. The largest absolute Gasteiger partial charge is 0.490 e. The molecule has 2 heterocycles. The summed E-state index contributed by atoms with van der Waals surface area (Å²) in [5.41, 5.74) is 8.73. The van der Waals surface area contributed by atoms with E-state index in [1.165, 1.54) is 0 Å². The highest BCUT2D eigenvalue weighted by molar-refractivity contribution is 6.01. The summed E-state index contributed by atoms with van der Waals surface area (Å²) in [7, 11) is 4.12. The molecule has 2 aromatic heterocycles. The van der Waals surface area contributed by atoms with Gasteiger partial charge in [-0.15, -0.1) is 0 Å². The molecule has 2 amide bonds. The van der Waals surface area contributed by atoms with E-state index in [-0.39, 0.29) is 30.1 Å². The van der Waals surface area contributed by atoms with Crippen LogP contribution in [-0.2, 0) is 6.42 Å². The average molecular weight is 604 g/mol. The fourth-order valence-electron chi connectivity index (χ4n) is 6.81. The van der Waals surface area contributed by atoms with Crippen LogP contribution in [0.5, 0.6) is 11.5 Å². The van der Waals surface area contributed by atoms with Crippen LogP contribution in [0.1, 0.15) is 96.7 Å². The average Bonchev–Trinajstić information content (AvgIpc) is 3.65. The van der Waals surface area contributed by atoms with Gasteiger partial charge in [-0.3, -0.25) is 9.59 Å². The van der Waals surface area contributed by atoms with E-state index in [0.29, 0.717) is 28.5 Å². The Balaban J connectivity index is 1.04. The van der Waals surface area contributed by atoms with Crippen LogP contribution in [0.3, 0.4) is 0 Å². The van der Waals surface area contributed by atoms with Crippen LogP contribution in [0.25, 0.3) is 5.52 Å². The van der Waals surface area contributed by atoms with Crippen molar-refractivity contribution in [2.24, 2.45) is 11.1 Å². The minimum Gasteiger partial charge on any atom is -0.490 e. The molecule has 4 N–H and O–H groups in total. The van der Waals surface area contributed by atoms with E-state index < -0.39 is 11.5 Å². The number of benzene rings is 1. The molecule has 0 atom stereocenters. The smallest absolute Gasteiger partial charge is 0.255 e. The Morgan fingerprint density at radius 1 is 1.11 bits per heavy atom. The molecule has 0 bridgehead atoms. The van der Waals surface area contributed by atoms with E-state index >= 15 is 0 Å². The zero-order valence-electron chi connectivity index (χ0n) is 26.3. The van der Waals surface area contributed by atoms with Crippen molar-refractivity contribution in [2.45, 2.75) is 88.9 Å². The van der Waals surface area contributed by atoms with Gasteiger partial charge in [-0.1, -0.05) is 6.07 Å². The number of hydrogen-bond donors (Lipinski definition) is 3. The maximum Gasteiger partial charge on any atom is 0.255 e. The number of aliphatic hydroxyl groups is 1. The van der Waals surface area contributed by atoms with Gasteiger partial charge in [0.2, 0.25) is 0 Å². The number of pyridine rings is 1. The number of hydrogen-bond acceptors (Lipinski definition) is 7. The first-order valence-electron chi connectivity index (χ1n) is 15.8. The van der Waals surface area contributed by atoms with Gasteiger partial charge in [0.15, 0.2) is 0 Å². The van der Waals surface area contributed by atoms with Gasteiger partial charge in [-0.05, 0) is 121 Å². The minimum atomic E-state index is -0.944. The second-order valence-corrected chi connectivity index (χ2v) is 14.1. The van der Waals surface area contributed by atoms with Crippen molar-refractivity contribution in [3.63, 3.8) is 0 Å². The third-order valence-corrected chi connectivity index (χ3v) is 9.16. The lowest BCUT2D eigenvalue weighted by Crippen LogP contribution is -2.58. The minimum absolute atomic E-state index is 0.0371. The number of rotatable bonds is 13. The Hall–Kier alpha value is -3.63. The zero-order chi connectivity index (χ0) is 31.2. The summed E-state index contributed by atoms with van der Waals surface area (Å²) >= 11 is 0. The molecule has 10 nitrogen and oxygen atoms in total. The number of ether oxygens (including phenoxy) is 2. The molecule has 3 aliphatic carbocycles. The Kier molecular flexibility index (Phi) is 8.09. The summed E-state index contributed by atoms with van der Waals surface area (Å²) in [6.07, 6.45) is 9.35. The normalized spacial score (nSPS) is 23.0. The molecule has 1 spiro atoms. The van der Waals surface area contributed by atoms with Gasteiger partial charge in [0.1, 0.15) is 18.1 Å². The number of amides is 2. The van der Waals surface area contributed by atoms with Crippen LogP contribution in [0.4, 0.5) is 0 Å². The summed E-state index contributed by atoms with van der Waals surface area (Å²) in [4.78, 5) is 27.5. The molecular weight excluding hydrogens is 558 g/mol. The van der Waals surface area contributed by atoms with Gasteiger partial charge in [0, 0.05) is 12.0 Å². The van der Waals surface area contributed by atoms with E-state index in [2.05, 4.69) is 29.4 Å². The summed E-state index contributed by atoms with van der Waals surface area (Å²) in [6, 6.07) is 9.59. The number of primary amides is 1. The first-order chi connectivity index (χ1) is 20.9. The van der Waals surface area contributed by atoms with Crippen LogP contribution in [0.2, 0.25) is 0 Å². The number of fused-ring (bicyclic) bond motifs is 1. The number of aromatic nitrogens is 2. The van der Waals surface area contributed by atoms with Crippen molar-refractivity contribution in [1.29, 1.82) is 0 Å². The molecule has 236 valence electrons. The molecule has 6 rings (SSSR count). The molecule has 0 unspecified atom stereocenters. The highest BCUT2D eigenvalue weighted by atomic mass is 16.5. The lowest BCUT2D eigenvalue weighted by molar-refractivity contribution is -0.0834. The first kappa shape index (κ1) is 30.4. The van der Waals surface area contributed by atoms with Gasteiger partial charge >= 0.3 is 0 Å². The summed E-state index contributed by atoms with van der Waals surface area (Å²) in [5, 5.41) is 17.9. The molecular formula is C34H45N5O5. The molecule has 3 aromatic rings. The third kappa shape index (κ3) is 6.56. The van der Waals surface area contributed by atoms with Gasteiger partial charge in [0.05, 0.1) is 40.2 Å². The molecule has 0 saturated heterocycles. The lowest BCUT2D eigenvalue weighted by atomic mass is 9.53.